The van der Waals surface area contributed by atoms with Crippen molar-refractivity contribution in [2.75, 3.05) is 31.2 Å². The van der Waals surface area contributed by atoms with Crippen molar-refractivity contribution >= 4 is 11.6 Å². The summed E-state index contributed by atoms with van der Waals surface area (Å²) >= 11 is 0. The van der Waals surface area contributed by atoms with E-state index < -0.39 is 11.6 Å². The summed E-state index contributed by atoms with van der Waals surface area (Å²) in [6, 6.07) is 13.3. The van der Waals surface area contributed by atoms with Crippen LogP contribution in [-0.4, -0.2) is 36.8 Å². The van der Waals surface area contributed by atoms with Crippen molar-refractivity contribution in [1.82, 2.24) is 9.88 Å². The van der Waals surface area contributed by atoms with E-state index in [-0.39, 0.29) is 24.1 Å². The van der Waals surface area contributed by atoms with Gasteiger partial charge in [-0.15, -0.1) is 0 Å². The number of halogens is 2. The van der Waals surface area contributed by atoms with Crippen molar-refractivity contribution in [3.05, 3.63) is 88.2 Å². The highest BCUT2D eigenvalue weighted by Crippen LogP contribution is 2.33. The Morgan fingerprint density at radius 3 is 2.30 bits per heavy atom. The fourth-order valence-corrected chi connectivity index (χ4v) is 4.56. The van der Waals surface area contributed by atoms with E-state index in [4.69, 9.17) is 4.74 Å². The van der Waals surface area contributed by atoms with E-state index in [2.05, 4.69) is 10.2 Å². The molecule has 1 unspecified atom stereocenters. The smallest absolute Gasteiger partial charge is 0.268 e. The minimum absolute atomic E-state index is 0.0608. The number of aromatic nitrogens is 1. The van der Waals surface area contributed by atoms with Gasteiger partial charge in [-0.1, -0.05) is 36.4 Å². The first-order valence-electron chi connectivity index (χ1n) is 11.2. The first-order valence-corrected chi connectivity index (χ1v) is 11.2. The number of hydrogen-bond donors (Lipinski definition) is 1. The van der Waals surface area contributed by atoms with E-state index in [0.717, 1.165) is 22.5 Å². The van der Waals surface area contributed by atoms with Crippen LogP contribution in [0, 0.1) is 25.5 Å². The van der Waals surface area contributed by atoms with E-state index >= 15 is 0 Å². The lowest BCUT2D eigenvalue weighted by Crippen LogP contribution is -2.36. The first kappa shape index (κ1) is 23.0. The van der Waals surface area contributed by atoms with Gasteiger partial charge in [0.2, 0.25) is 0 Å². The number of benzene rings is 2. The number of hydrogen-bond acceptors (Lipinski definition) is 3. The normalized spacial score (nSPS) is 14.9. The summed E-state index contributed by atoms with van der Waals surface area (Å²) in [6.07, 6.45) is 0. The molecule has 1 aliphatic rings. The van der Waals surface area contributed by atoms with Gasteiger partial charge in [-0.3, -0.25) is 4.79 Å². The van der Waals surface area contributed by atoms with Crippen molar-refractivity contribution in [3.8, 4) is 0 Å². The molecule has 1 fully saturated rings. The Labute approximate surface area is 193 Å². The minimum atomic E-state index is -0.627. The molecule has 7 heteroatoms. The average molecular weight is 454 g/mol. The monoisotopic (exact) mass is 453 g/mol. The van der Waals surface area contributed by atoms with Crippen LogP contribution in [0.3, 0.4) is 0 Å². The van der Waals surface area contributed by atoms with Gasteiger partial charge in [0, 0.05) is 29.9 Å². The number of rotatable bonds is 6. The maximum atomic E-state index is 14.5. The third-order valence-electron chi connectivity index (χ3n) is 6.30. The number of morpholine rings is 1. The second kappa shape index (κ2) is 9.75. The third-order valence-corrected chi connectivity index (χ3v) is 6.30. The maximum Gasteiger partial charge on any atom is 0.268 e. The van der Waals surface area contributed by atoms with Crippen LogP contribution in [0.1, 0.15) is 45.8 Å². The van der Waals surface area contributed by atoms with Crippen molar-refractivity contribution < 1.29 is 18.3 Å². The molecule has 174 valence electrons. The quantitative estimate of drug-likeness (QED) is 0.586. The Bertz CT molecular complexity index is 1120. The highest BCUT2D eigenvalue weighted by molar-refractivity contribution is 5.97. The topological polar surface area (TPSA) is 46.5 Å². The largest absolute Gasteiger partial charge is 0.378 e. The highest BCUT2D eigenvalue weighted by atomic mass is 19.1. The van der Waals surface area contributed by atoms with Crippen molar-refractivity contribution in [1.29, 1.82) is 0 Å². The Kier molecular flexibility index (Phi) is 6.79. The minimum Gasteiger partial charge on any atom is -0.378 e. The van der Waals surface area contributed by atoms with Gasteiger partial charge >= 0.3 is 0 Å². The lowest BCUT2D eigenvalue weighted by molar-refractivity contribution is 0.0930. The number of nitrogens with one attached hydrogen (secondary N) is 1. The predicted octanol–water partition coefficient (Wildman–Crippen LogP) is 4.76. The van der Waals surface area contributed by atoms with Crippen molar-refractivity contribution in [2.24, 2.45) is 0 Å². The summed E-state index contributed by atoms with van der Waals surface area (Å²) < 4.78 is 36.2. The second-order valence-corrected chi connectivity index (χ2v) is 8.40. The van der Waals surface area contributed by atoms with Crippen LogP contribution < -0.4 is 10.2 Å². The molecule has 0 aliphatic carbocycles. The zero-order valence-corrected chi connectivity index (χ0v) is 19.2. The third kappa shape index (κ3) is 4.64. The number of carbonyl (C=O) groups excluding carboxylic acids is 1. The number of nitrogens with zero attached hydrogens (tertiary/aromatic N) is 2. The van der Waals surface area contributed by atoms with Gasteiger partial charge < -0.3 is 19.5 Å². The summed E-state index contributed by atoms with van der Waals surface area (Å²) in [5.74, 6) is -1.53. The maximum absolute atomic E-state index is 14.5. The van der Waals surface area contributed by atoms with Gasteiger partial charge in [-0.2, -0.15) is 0 Å². The molecule has 1 saturated heterocycles. The molecule has 1 atom stereocenters. The van der Waals surface area contributed by atoms with Gasteiger partial charge in [0.15, 0.2) is 0 Å². The van der Waals surface area contributed by atoms with E-state index in [1.54, 1.807) is 4.57 Å². The van der Waals surface area contributed by atoms with Crippen LogP contribution in [0.5, 0.6) is 0 Å². The van der Waals surface area contributed by atoms with Crippen LogP contribution in [0.15, 0.2) is 48.5 Å². The van der Waals surface area contributed by atoms with E-state index in [9.17, 15) is 13.6 Å². The fraction of sp³-hybridized carbons (Fsp3) is 0.346. The number of carbonyl (C=O) groups is 1. The molecule has 33 heavy (non-hydrogen) atoms. The summed E-state index contributed by atoms with van der Waals surface area (Å²) in [4.78, 5) is 15.7. The Hall–Kier alpha value is -3.19. The number of anilines is 1. The van der Waals surface area contributed by atoms with Gasteiger partial charge in [0.05, 0.1) is 31.5 Å². The molecule has 0 radical (unpaired) electrons. The SMILES string of the molecule is Cc1c(N2CCOCC2)c(C)n(Cc2c(F)cccc2F)c1C(=O)NC(C)c1ccccc1. The summed E-state index contributed by atoms with van der Waals surface area (Å²) in [5, 5.41) is 3.06. The molecule has 1 aliphatic heterocycles. The second-order valence-electron chi connectivity index (χ2n) is 8.40. The van der Waals surface area contributed by atoms with E-state index in [1.807, 2.05) is 51.1 Å². The zero-order valence-electron chi connectivity index (χ0n) is 19.2. The lowest BCUT2D eigenvalue weighted by atomic mass is 10.1. The molecule has 2 heterocycles. The Morgan fingerprint density at radius 1 is 1.03 bits per heavy atom. The molecule has 2 aromatic carbocycles. The summed E-state index contributed by atoms with van der Waals surface area (Å²) in [6.45, 7) is 8.22. The van der Waals surface area contributed by atoms with Gasteiger partial charge in [0.25, 0.3) is 5.91 Å². The molecule has 1 amide bonds. The van der Waals surface area contributed by atoms with E-state index in [1.165, 1.54) is 18.2 Å². The Balaban J connectivity index is 1.76. The standard InChI is InChI=1S/C26H29F2N3O2/c1-17-24(30-12-14-33-15-13-30)19(3)31(16-21-22(27)10-7-11-23(21)28)25(17)26(32)29-18(2)20-8-5-4-6-9-20/h4-11,18H,12-16H2,1-3H3,(H,29,32). The predicted molar refractivity (Wildman–Crippen MR) is 125 cm³/mol. The summed E-state index contributed by atoms with van der Waals surface area (Å²) in [7, 11) is 0. The number of amides is 1. The van der Waals surface area contributed by atoms with Gasteiger partial charge in [0.1, 0.15) is 17.3 Å². The summed E-state index contributed by atoms with van der Waals surface area (Å²) in [5.41, 5.74) is 3.85. The molecule has 5 nitrogen and oxygen atoms in total. The molecular formula is C26H29F2N3O2. The molecular weight excluding hydrogens is 424 g/mol. The molecule has 1 aromatic heterocycles. The van der Waals surface area contributed by atoms with Gasteiger partial charge in [-0.05, 0) is 38.5 Å². The highest BCUT2D eigenvalue weighted by Gasteiger charge is 2.28. The molecule has 0 spiro atoms. The average Bonchev–Trinajstić information content (AvgIpc) is 3.06. The van der Waals surface area contributed by atoms with Crippen LogP contribution in [-0.2, 0) is 11.3 Å². The van der Waals surface area contributed by atoms with Crippen LogP contribution in [0.2, 0.25) is 0 Å². The lowest BCUT2D eigenvalue weighted by Gasteiger charge is -2.29. The van der Waals surface area contributed by atoms with Crippen molar-refractivity contribution in [3.63, 3.8) is 0 Å². The van der Waals surface area contributed by atoms with Crippen LogP contribution >= 0.6 is 0 Å². The molecule has 4 rings (SSSR count). The zero-order chi connectivity index (χ0) is 23.5. The molecule has 0 bridgehead atoms. The Morgan fingerprint density at radius 2 is 1.67 bits per heavy atom. The molecule has 1 N–H and O–H groups in total. The van der Waals surface area contributed by atoms with Crippen LogP contribution in [0.4, 0.5) is 14.5 Å². The van der Waals surface area contributed by atoms with Crippen LogP contribution in [0.25, 0.3) is 0 Å². The van der Waals surface area contributed by atoms with Crippen molar-refractivity contribution in [2.45, 2.75) is 33.4 Å². The van der Waals surface area contributed by atoms with E-state index in [0.29, 0.717) is 32.0 Å². The fourth-order valence-electron chi connectivity index (χ4n) is 4.56. The molecule has 3 aromatic rings. The number of ether oxygens (including phenoxy) is 1. The van der Waals surface area contributed by atoms with Gasteiger partial charge in [-0.25, -0.2) is 8.78 Å². The first-order chi connectivity index (χ1) is 15.9. The molecule has 0 saturated carbocycles.